The van der Waals surface area contributed by atoms with E-state index in [0.717, 1.165) is 13.1 Å². The molecule has 2 nitrogen and oxygen atoms in total. The molecule has 1 saturated heterocycles. The minimum Gasteiger partial charge on any atom is -0.346 e. The summed E-state index contributed by atoms with van der Waals surface area (Å²) in [6, 6.07) is 28.3. The molecule has 0 unspecified atom stereocenters. The van der Waals surface area contributed by atoms with E-state index in [1.165, 1.54) is 28.1 Å². The van der Waals surface area contributed by atoms with Crippen molar-refractivity contribution >= 4 is 11.4 Å². The van der Waals surface area contributed by atoms with E-state index in [4.69, 9.17) is 0 Å². The molecule has 1 aliphatic heterocycles. The summed E-state index contributed by atoms with van der Waals surface area (Å²) < 4.78 is 0. The summed E-state index contributed by atoms with van der Waals surface area (Å²) in [6.45, 7) is 6.44. The van der Waals surface area contributed by atoms with Gasteiger partial charge in [0.15, 0.2) is 0 Å². The van der Waals surface area contributed by atoms with E-state index in [9.17, 15) is 0 Å². The molecule has 1 aliphatic rings. The second-order valence-corrected chi connectivity index (χ2v) is 6.79. The summed E-state index contributed by atoms with van der Waals surface area (Å²) in [5.74, 6) is 0. The number of aryl methyl sites for hydroxylation is 2. The second kappa shape index (κ2) is 6.64. The monoisotopic (exact) mass is 328 g/mol. The SMILES string of the molecule is Cc1ccc(C2N(c3ccccc3)CCN2c2ccccc2)c(C)c1. The Morgan fingerprint density at radius 2 is 1.20 bits per heavy atom. The van der Waals surface area contributed by atoms with Crippen molar-refractivity contribution in [3.05, 3.63) is 95.6 Å². The van der Waals surface area contributed by atoms with Crippen molar-refractivity contribution in [1.82, 2.24) is 0 Å². The molecular formula is C23H24N2. The first-order valence-electron chi connectivity index (χ1n) is 8.94. The Balaban J connectivity index is 1.81. The minimum absolute atomic E-state index is 0.227. The molecule has 0 atom stereocenters. The first-order valence-corrected chi connectivity index (χ1v) is 8.94. The Kier molecular flexibility index (Phi) is 4.19. The molecular weight excluding hydrogens is 304 g/mol. The molecule has 0 spiro atoms. The third kappa shape index (κ3) is 3.00. The highest BCUT2D eigenvalue weighted by Gasteiger charge is 2.34. The fraction of sp³-hybridized carbons (Fsp3) is 0.217. The summed E-state index contributed by atoms with van der Waals surface area (Å²) in [5, 5.41) is 0. The Morgan fingerprint density at radius 1 is 0.680 bits per heavy atom. The lowest BCUT2D eigenvalue weighted by Crippen LogP contribution is -2.31. The molecule has 2 heteroatoms. The molecule has 4 rings (SSSR count). The van der Waals surface area contributed by atoms with Crippen LogP contribution in [0, 0.1) is 13.8 Å². The molecule has 0 saturated carbocycles. The van der Waals surface area contributed by atoms with Crippen LogP contribution in [0.5, 0.6) is 0 Å². The predicted octanol–water partition coefficient (Wildman–Crippen LogP) is 5.33. The molecule has 1 heterocycles. The molecule has 126 valence electrons. The zero-order valence-corrected chi connectivity index (χ0v) is 14.9. The van der Waals surface area contributed by atoms with Gasteiger partial charge in [-0.15, -0.1) is 0 Å². The highest BCUT2D eigenvalue weighted by Crippen LogP contribution is 2.38. The number of hydrogen-bond acceptors (Lipinski definition) is 2. The lowest BCUT2D eigenvalue weighted by molar-refractivity contribution is 0.712. The minimum atomic E-state index is 0.227. The van der Waals surface area contributed by atoms with E-state index < -0.39 is 0 Å². The maximum atomic E-state index is 2.52. The largest absolute Gasteiger partial charge is 0.346 e. The van der Waals surface area contributed by atoms with Crippen LogP contribution in [0.25, 0.3) is 0 Å². The maximum Gasteiger partial charge on any atom is 0.128 e. The Labute approximate surface area is 150 Å². The third-order valence-corrected chi connectivity index (χ3v) is 5.05. The molecule has 0 N–H and O–H groups in total. The van der Waals surface area contributed by atoms with E-state index in [-0.39, 0.29) is 6.17 Å². The van der Waals surface area contributed by atoms with Crippen molar-refractivity contribution in [1.29, 1.82) is 0 Å². The average molecular weight is 328 g/mol. The number of para-hydroxylation sites is 2. The topological polar surface area (TPSA) is 6.48 Å². The van der Waals surface area contributed by atoms with Crippen molar-refractivity contribution in [3.63, 3.8) is 0 Å². The fourth-order valence-corrected chi connectivity index (χ4v) is 3.86. The third-order valence-electron chi connectivity index (χ3n) is 5.05. The summed E-state index contributed by atoms with van der Waals surface area (Å²) >= 11 is 0. The normalized spacial score (nSPS) is 15.0. The predicted molar refractivity (Wildman–Crippen MR) is 106 cm³/mol. The van der Waals surface area contributed by atoms with Gasteiger partial charge in [0.05, 0.1) is 0 Å². The lowest BCUT2D eigenvalue weighted by Gasteiger charge is -2.34. The number of anilines is 2. The number of rotatable bonds is 3. The first-order chi connectivity index (χ1) is 12.2. The van der Waals surface area contributed by atoms with Crippen molar-refractivity contribution < 1.29 is 0 Å². The van der Waals surface area contributed by atoms with Gasteiger partial charge in [0.2, 0.25) is 0 Å². The molecule has 3 aromatic rings. The number of nitrogens with zero attached hydrogens (tertiary/aromatic N) is 2. The molecule has 0 radical (unpaired) electrons. The van der Waals surface area contributed by atoms with Crippen LogP contribution in [0.3, 0.4) is 0 Å². The van der Waals surface area contributed by atoms with Crippen LogP contribution in [-0.2, 0) is 0 Å². The van der Waals surface area contributed by atoms with Crippen LogP contribution >= 0.6 is 0 Å². The highest BCUT2D eigenvalue weighted by atomic mass is 15.4. The van der Waals surface area contributed by atoms with Gasteiger partial charge < -0.3 is 9.80 Å². The van der Waals surface area contributed by atoms with Gasteiger partial charge in [-0.3, -0.25) is 0 Å². The van der Waals surface area contributed by atoms with Crippen molar-refractivity contribution in [2.45, 2.75) is 20.0 Å². The Morgan fingerprint density at radius 3 is 1.68 bits per heavy atom. The second-order valence-electron chi connectivity index (χ2n) is 6.79. The summed E-state index contributed by atoms with van der Waals surface area (Å²) in [4.78, 5) is 5.04. The lowest BCUT2D eigenvalue weighted by atomic mass is 10.0. The van der Waals surface area contributed by atoms with Gasteiger partial charge >= 0.3 is 0 Å². The first kappa shape index (κ1) is 15.8. The van der Waals surface area contributed by atoms with E-state index >= 15 is 0 Å². The summed E-state index contributed by atoms with van der Waals surface area (Å²) in [5.41, 5.74) is 6.62. The van der Waals surface area contributed by atoms with Crippen LogP contribution in [0.2, 0.25) is 0 Å². The van der Waals surface area contributed by atoms with Gasteiger partial charge in [0.1, 0.15) is 6.17 Å². The van der Waals surface area contributed by atoms with E-state index in [1.54, 1.807) is 0 Å². The smallest absolute Gasteiger partial charge is 0.128 e. The summed E-state index contributed by atoms with van der Waals surface area (Å²) in [7, 11) is 0. The molecule has 0 bridgehead atoms. The van der Waals surface area contributed by atoms with Gasteiger partial charge in [-0.25, -0.2) is 0 Å². The van der Waals surface area contributed by atoms with Crippen LogP contribution in [0.15, 0.2) is 78.9 Å². The van der Waals surface area contributed by atoms with Crippen molar-refractivity contribution in [2.24, 2.45) is 0 Å². The zero-order valence-electron chi connectivity index (χ0n) is 14.9. The molecule has 0 aromatic heterocycles. The maximum absolute atomic E-state index is 2.52. The van der Waals surface area contributed by atoms with E-state index in [2.05, 4.69) is 103 Å². The molecule has 25 heavy (non-hydrogen) atoms. The van der Waals surface area contributed by atoms with Crippen LogP contribution in [0.4, 0.5) is 11.4 Å². The Bertz CT molecular complexity index is 795. The molecule has 1 fully saturated rings. The average Bonchev–Trinajstić information content (AvgIpc) is 3.08. The molecule has 0 aliphatic carbocycles. The number of hydrogen-bond donors (Lipinski definition) is 0. The van der Waals surface area contributed by atoms with Crippen LogP contribution in [0.1, 0.15) is 22.9 Å². The van der Waals surface area contributed by atoms with Crippen molar-refractivity contribution in [2.75, 3.05) is 22.9 Å². The Hall–Kier alpha value is -2.74. The van der Waals surface area contributed by atoms with Gasteiger partial charge in [0, 0.05) is 24.5 Å². The van der Waals surface area contributed by atoms with Crippen LogP contribution < -0.4 is 9.80 Å². The fourth-order valence-electron chi connectivity index (χ4n) is 3.86. The molecule has 0 amide bonds. The molecule has 3 aromatic carbocycles. The van der Waals surface area contributed by atoms with Crippen molar-refractivity contribution in [3.8, 4) is 0 Å². The van der Waals surface area contributed by atoms with E-state index in [0.29, 0.717) is 0 Å². The van der Waals surface area contributed by atoms with Crippen LogP contribution in [-0.4, -0.2) is 13.1 Å². The standard InChI is InChI=1S/C23H24N2/c1-18-13-14-22(19(2)17-18)23-24(20-9-5-3-6-10-20)15-16-25(23)21-11-7-4-8-12-21/h3-14,17,23H,15-16H2,1-2H3. The van der Waals surface area contributed by atoms with Gasteiger partial charge in [-0.05, 0) is 49.2 Å². The number of benzene rings is 3. The van der Waals surface area contributed by atoms with Gasteiger partial charge in [-0.2, -0.15) is 0 Å². The quantitative estimate of drug-likeness (QED) is 0.641. The van der Waals surface area contributed by atoms with Gasteiger partial charge in [-0.1, -0.05) is 60.2 Å². The van der Waals surface area contributed by atoms with Gasteiger partial charge in [0.25, 0.3) is 0 Å². The summed E-state index contributed by atoms with van der Waals surface area (Å²) in [6.07, 6.45) is 0.227. The highest BCUT2D eigenvalue weighted by molar-refractivity contribution is 5.59. The zero-order chi connectivity index (χ0) is 17.2. The van der Waals surface area contributed by atoms with E-state index in [1.807, 2.05) is 0 Å².